The second-order valence-corrected chi connectivity index (χ2v) is 6.05. The van der Waals surface area contributed by atoms with Crippen molar-refractivity contribution in [3.8, 4) is 0 Å². The van der Waals surface area contributed by atoms with E-state index < -0.39 is 0 Å². The number of halogens is 1. The lowest BCUT2D eigenvalue weighted by Crippen LogP contribution is -2.38. The highest BCUT2D eigenvalue weighted by Gasteiger charge is 2.04. The van der Waals surface area contributed by atoms with E-state index in [2.05, 4.69) is 34.1 Å². The zero-order chi connectivity index (χ0) is 16.9. The number of carbonyl (C=O) groups is 1. The van der Waals surface area contributed by atoms with Crippen LogP contribution in [0, 0.1) is 0 Å². The molecule has 0 aromatic heterocycles. The highest BCUT2D eigenvalue weighted by Crippen LogP contribution is 2.05. The number of nitrogens with one attached hydrogen (secondary N) is 3. The third-order valence-electron chi connectivity index (χ3n) is 3.24. The minimum Gasteiger partial charge on any atom is -0.357 e. The molecule has 0 bridgehead atoms. The summed E-state index contributed by atoms with van der Waals surface area (Å²) < 4.78 is 0. The predicted molar refractivity (Wildman–Crippen MR) is 116 cm³/mol. The van der Waals surface area contributed by atoms with Gasteiger partial charge in [0.1, 0.15) is 0 Å². The Bertz CT molecular complexity index is 511. The molecule has 0 fully saturated rings. The van der Waals surface area contributed by atoms with Gasteiger partial charge < -0.3 is 16.0 Å². The molecule has 0 spiro atoms. The maximum atomic E-state index is 11.6. The van der Waals surface area contributed by atoms with E-state index in [9.17, 15) is 4.79 Å². The largest absolute Gasteiger partial charge is 0.357 e. The normalized spacial score (nSPS) is 10.7. The van der Waals surface area contributed by atoms with Crippen LogP contribution in [0.2, 0.25) is 0 Å². The van der Waals surface area contributed by atoms with Crippen molar-refractivity contribution >= 4 is 47.6 Å². The molecule has 0 atom stereocenters. The summed E-state index contributed by atoms with van der Waals surface area (Å²) in [6.45, 7) is 4.53. The highest BCUT2D eigenvalue weighted by molar-refractivity contribution is 14.0. The van der Waals surface area contributed by atoms with Crippen LogP contribution in [0.3, 0.4) is 0 Å². The number of benzene rings is 1. The van der Waals surface area contributed by atoms with E-state index in [-0.39, 0.29) is 29.9 Å². The molecule has 7 heteroatoms. The van der Waals surface area contributed by atoms with Gasteiger partial charge in [-0.2, -0.15) is 11.8 Å². The molecule has 1 amide bonds. The lowest BCUT2D eigenvalue weighted by molar-refractivity contribution is 0.0963. The van der Waals surface area contributed by atoms with Crippen LogP contribution in [0.15, 0.2) is 29.3 Å². The van der Waals surface area contributed by atoms with E-state index in [0.717, 1.165) is 49.8 Å². The van der Waals surface area contributed by atoms with Gasteiger partial charge in [0, 0.05) is 32.2 Å². The van der Waals surface area contributed by atoms with E-state index in [1.165, 1.54) is 0 Å². The van der Waals surface area contributed by atoms with Crippen LogP contribution in [0.1, 0.15) is 29.3 Å². The number of amides is 1. The molecule has 1 rings (SSSR count). The van der Waals surface area contributed by atoms with Gasteiger partial charge >= 0.3 is 0 Å². The molecule has 0 heterocycles. The van der Waals surface area contributed by atoms with Crippen LogP contribution in [-0.4, -0.2) is 50.6 Å². The number of hydrogen-bond donors (Lipinski definition) is 3. The molecule has 5 nitrogen and oxygen atoms in total. The molecule has 3 N–H and O–H groups in total. The summed E-state index contributed by atoms with van der Waals surface area (Å²) in [7, 11) is 1.65. The third kappa shape index (κ3) is 9.36. The first-order valence-electron chi connectivity index (χ1n) is 8.03. The number of thioether (sulfide) groups is 1. The van der Waals surface area contributed by atoms with Gasteiger partial charge in [0.05, 0.1) is 0 Å². The molecule has 1 aromatic rings. The standard InChI is InChI=1S/C17H28N4OS.HI/c1-4-19-17(20-10-6-12-23-3)21-11-9-14-7-5-8-15(13-14)16(22)18-2;/h5,7-8,13H,4,6,9-12H2,1-3H3,(H,18,22)(H2,19,20,21);1H. The minimum absolute atomic E-state index is 0. The van der Waals surface area contributed by atoms with Gasteiger partial charge in [0.15, 0.2) is 5.96 Å². The fraction of sp³-hybridized carbons (Fsp3) is 0.529. The maximum absolute atomic E-state index is 11.6. The summed E-state index contributed by atoms with van der Waals surface area (Å²) in [4.78, 5) is 16.2. The smallest absolute Gasteiger partial charge is 0.251 e. The topological polar surface area (TPSA) is 65.5 Å². The number of aliphatic imine (C=N–C) groups is 1. The van der Waals surface area contributed by atoms with Crippen LogP contribution in [0.25, 0.3) is 0 Å². The molecule has 0 saturated carbocycles. The Balaban J connectivity index is 0.00000529. The second kappa shape index (κ2) is 14.4. The van der Waals surface area contributed by atoms with Gasteiger partial charge in [-0.1, -0.05) is 12.1 Å². The molecule has 0 unspecified atom stereocenters. The Morgan fingerprint density at radius 1 is 1.29 bits per heavy atom. The van der Waals surface area contributed by atoms with E-state index in [1.807, 2.05) is 36.0 Å². The zero-order valence-electron chi connectivity index (χ0n) is 14.7. The maximum Gasteiger partial charge on any atom is 0.251 e. The molecule has 0 aliphatic carbocycles. The summed E-state index contributed by atoms with van der Waals surface area (Å²) >= 11 is 1.84. The SMILES string of the molecule is CCNC(=NCCCSC)NCCc1cccc(C(=O)NC)c1.I. The van der Waals surface area contributed by atoms with Crippen molar-refractivity contribution in [3.05, 3.63) is 35.4 Å². The van der Waals surface area contributed by atoms with Crippen LogP contribution < -0.4 is 16.0 Å². The Kier molecular flexibility index (Phi) is 13.8. The molecule has 0 aliphatic rings. The first-order chi connectivity index (χ1) is 11.2. The number of carbonyl (C=O) groups excluding carboxylic acids is 1. The Morgan fingerprint density at radius 3 is 2.75 bits per heavy atom. The molecule has 24 heavy (non-hydrogen) atoms. The van der Waals surface area contributed by atoms with Gasteiger partial charge in [0.25, 0.3) is 5.91 Å². The monoisotopic (exact) mass is 464 g/mol. The molecule has 1 aromatic carbocycles. The Hall–Kier alpha value is -0.960. The zero-order valence-corrected chi connectivity index (χ0v) is 17.9. The molecular formula is C17H29IN4OS. The fourth-order valence-corrected chi connectivity index (χ4v) is 2.50. The van der Waals surface area contributed by atoms with Crippen molar-refractivity contribution in [1.82, 2.24) is 16.0 Å². The van der Waals surface area contributed by atoms with Gasteiger partial charge in [-0.3, -0.25) is 9.79 Å². The van der Waals surface area contributed by atoms with Crippen molar-refractivity contribution in [3.63, 3.8) is 0 Å². The summed E-state index contributed by atoms with van der Waals surface area (Å²) in [5, 5.41) is 9.24. The summed E-state index contributed by atoms with van der Waals surface area (Å²) in [6.07, 6.45) is 4.05. The fourth-order valence-electron chi connectivity index (χ4n) is 2.08. The summed E-state index contributed by atoms with van der Waals surface area (Å²) in [5.41, 5.74) is 1.83. The van der Waals surface area contributed by atoms with Crippen LogP contribution in [-0.2, 0) is 6.42 Å². The Labute approximate surface area is 166 Å². The molecule has 136 valence electrons. The van der Waals surface area contributed by atoms with Crippen LogP contribution in [0.4, 0.5) is 0 Å². The van der Waals surface area contributed by atoms with Gasteiger partial charge in [-0.15, -0.1) is 24.0 Å². The number of hydrogen-bond acceptors (Lipinski definition) is 3. The number of rotatable bonds is 9. The van der Waals surface area contributed by atoms with E-state index in [1.54, 1.807) is 7.05 Å². The van der Waals surface area contributed by atoms with Crippen LogP contribution >= 0.6 is 35.7 Å². The van der Waals surface area contributed by atoms with Crippen molar-refractivity contribution in [2.75, 3.05) is 38.7 Å². The van der Waals surface area contributed by atoms with Crippen molar-refractivity contribution < 1.29 is 4.79 Å². The van der Waals surface area contributed by atoms with Crippen molar-refractivity contribution in [1.29, 1.82) is 0 Å². The number of guanidine groups is 1. The van der Waals surface area contributed by atoms with E-state index in [0.29, 0.717) is 5.56 Å². The second-order valence-electron chi connectivity index (χ2n) is 5.06. The van der Waals surface area contributed by atoms with Gasteiger partial charge in [-0.25, -0.2) is 0 Å². The Morgan fingerprint density at radius 2 is 2.08 bits per heavy atom. The average molecular weight is 464 g/mol. The quantitative estimate of drug-likeness (QED) is 0.228. The van der Waals surface area contributed by atoms with E-state index in [4.69, 9.17) is 0 Å². The van der Waals surface area contributed by atoms with Crippen molar-refractivity contribution in [2.24, 2.45) is 4.99 Å². The molecule has 0 saturated heterocycles. The first-order valence-corrected chi connectivity index (χ1v) is 9.42. The summed E-state index contributed by atoms with van der Waals surface area (Å²) in [5.74, 6) is 1.94. The lowest BCUT2D eigenvalue weighted by Gasteiger charge is -2.11. The van der Waals surface area contributed by atoms with Crippen LogP contribution in [0.5, 0.6) is 0 Å². The third-order valence-corrected chi connectivity index (χ3v) is 3.94. The predicted octanol–water partition coefficient (Wildman–Crippen LogP) is 2.51. The molecule has 0 radical (unpaired) electrons. The average Bonchev–Trinajstić information content (AvgIpc) is 2.58. The van der Waals surface area contributed by atoms with E-state index >= 15 is 0 Å². The molecule has 0 aliphatic heterocycles. The number of nitrogens with zero attached hydrogens (tertiary/aromatic N) is 1. The van der Waals surface area contributed by atoms with Crippen molar-refractivity contribution in [2.45, 2.75) is 19.8 Å². The first kappa shape index (κ1) is 23.0. The molecular weight excluding hydrogens is 435 g/mol. The summed E-state index contributed by atoms with van der Waals surface area (Å²) in [6, 6.07) is 7.72. The lowest BCUT2D eigenvalue weighted by atomic mass is 10.1. The minimum atomic E-state index is -0.0523. The van der Waals surface area contributed by atoms with Gasteiger partial charge in [-0.05, 0) is 49.5 Å². The van der Waals surface area contributed by atoms with Gasteiger partial charge in [0.2, 0.25) is 0 Å². The highest BCUT2D eigenvalue weighted by atomic mass is 127.